The second kappa shape index (κ2) is 9.88. The molecule has 6 heteroatoms. The standard InChI is InChI=1S/C24H37ClN2O3/c1-17(2)22-15-27(21(16-29-22)14-18-6-8-19(25)9-7-18)20-10-12-26(13-11-20)23(28)30-24(3,4)5/h6-9,17,20-22H,10-16H2,1-5H3/t21-,22+/m0/s1. The van der Waals surface area contributed by atoms with Crippen molar-refractivity contribution in [1.29, 1.82) is 0 Å². The van der Waals surface area contributed by atoms with Gasteiger partial charge in [-0.1, -0.05) is 37.6 Å². The highest BCUT2D eigenvalue weighted by Gasteiger charge is 2.37. The number of morpholine rings is 1. The zero-order chi connectivity index (χ0) is 21.9. The summed E-state index contributed by atoms with van der Waals surface area (Å²) in [6.45, 7) is 13.4. The summed E-state index contributed by atoms with van der Waals surface area (Å²) in [6.07, 6.45) is 2.97. The van der Waals surface area contributed by atoms with Gasteiger partial charge in [0.25, 0.3) is 0 Å². The first-order valence-electron chi connectivity index (χ1n) is 11.2. The average molecular weight is 437 g/mol. The molecule has 2 heterocycles. The molecule has 2 fully saturated rings. The molecule has 2 aliphatic heterocycles. The third-order valence-corrected chi connectivity index (χ3v) is 6.33. The van der Waals surface area contributed by atoms with Crippen LogP contribution in [0.2, 0.25) is 5.02 Å². The number of benzene rings is 1. The molecule has 1 aromatic rings. The van der Waals surface area contributed by atoms with Gasteiger partial charge in [-0.3, -0.25) is 4.90 Å². The molecule has 30 heavy (non-hydrogen) atoms. The Balaban J connectivity index is 1.65. The molecule has 0 unspecified atom stereocenters. The Morgan fingerprint density at radius 1 is 1.20 bits per heavy atom. The van der Waals surface area contributed by atoms with Crippen molar-refractivity contribution in [3.05, 3.63) is 34.9 Å². The maximum absolute atomic E-state index is 12.4. The number of ether oxygens (including phenoxy) is 2. The van der Waals surface area contributed by atoms with Crippen molar-refractivity contribution in [2.24, 2.45) is 5.92 Å². The minimum atomic E-state index is -0.452. The van der Waals surface area contributed by atoms with E-state index in [-0.39, 0.29) is 12.2 Å². The molecular weight excluding hydrogens is 400 g/mol. The SMILES string of the molecule is CC(C)[C@H]1CN(C2CCN(C(=O)OC(C)(C)C)CC2)[C@@H](Cc2ccc(Cl)cc2)CO1. The zero-order valence-corrected chi connectivity index (χ0v) is 19.8. The van der Waals surface area contributed by atoms with Crippen LogP contribution < -0.4 is 0 Å². The smallest absolute Gasteiger partial charge is 0.410 e. The van der Waals surface area contributed by atoms with Crippen LogP contribution >= 0.6 is 11.6 Å². The second-order valence-electron chi connectivity index (χ2n) is 10.00. The fourth-order valence-electron chi connectivity index (χ4n) is 4.37. The van der Waals surface area contributed by atoms with Crippen LogP contribution in [0, 0.1) is 5.92 Å². The van der Waals surface area contributed by atoms with Gasteiger partial charge in [-0.2, -0.15) is 0 Å². The molecule has 5 nitrogen and oxygen atoms in total. The molecule has 0 N–H and O–H groups in total. The third-order valence-electron chi connectivity index (χ3n) is 6.08. The summed E-state index contributed by atoms with van der Waals surface area (Å²) in [5.41, 5.74) is 0.832. The Kier molecular flexibility index (Phi) is 7.70. The summed E-state index contributed by atoms with van der Waals surface area (Å²) in [5, 5.41) is 0.768. The van der Waals surface area contributed by atoms with Gasteiger partial charge in [0.1, 0.15) is 5.60 Å². The van der Waals surface area contributed by atoms with E-state index in [1.165, 1.54) is 5.56 Å². The van der Waals surface area contributed by atoms with Crippen LogP contribution in [0.25, 0.3) is 0 Å². The molecule has 3 rings (SSSR count). The Morgan fingerprint density at radius 2 is 1.83 bits per heavy atom. The largest absolute Gasteiger partial charge is 0.444 e. The lowest BCUT2D eigenvalue weighted by Gasteiger charge is -2.47. The van der Waals surface area contributed by atoms with Crippen molar-refractivity contribution in [2.75, 3.05) is 26.2 Å². The second-order valence-corrected chi connectivity index (χ2v) is 10.4. The molecule has 168 valence electrons. The third kappa shape index (κ3) is 6.35. The fourth-order valence-corrected chi connectivity index (χ4v) is 4.49. The highest BCUT2D eigenvalue weighted by atomic mass is 35.5. The maximum Gasteiger partial charge on any atom is 0.410 e. The van der Waals surface area contributed by atoms with Crippen molar-refractivity contribution in [3.8, 4) is 0 Å². The van der Waals surface area contributed by atoms with Gasteiger partial charge in [-0.15, -0.1) is 0 Å². The molecule has 2 atom stereocenters. The Hall–Kier alpha value is -1.30. The lowest BCUT2D eigenvalue weighted by Crippen LogP contribution is -2.58. The summed E-state index contributed by atoms with van der Waals surface area (Å²) in [6, 6.07) is 8.95. The number of hydrogen-bond donors (Lipinski definition) is 0. The summed E-state index contributed by atoms with van der Waals surface area (Å²) in [5.74, 6) is 0.492. The van der Waals surface area contributed by atoms with Crippen molar-refractivity contribution in [3.63, 3.8) is 0 Å². The molecule has 0 spiro atoms. The van der Waals surface area contributed by atoms with E-state index in [9.17, 15) is 4.79 Å². The van der Waals surface area contributed by atoms with Crippen molar-refractivity contribution in [2.45, 2.75) is 77.7 Å². The van der Waals surface area contributed by atoms with Gasteiger partial charge in [-0.05, 0) is 63.6 Å². The maximum atomic E-state index is 12.4. The molecule has 0 aromatic heterocycles. The minimum absolute atomic E-state index is 0.194. The van der Waals surface area contributed by atoms with Crippen molar-refractivity contribution in [1.82, 2.24) is 9.80 Å². The lowest BCUT2D eigenvalue weighted by molar-refractivity contribution is -0.102. The van der Waals surface area contributed by atoms with E-state index in [1.54, 1.807) is 0 Å². The molecule has 1 aromatic carbocycles. The number of hydrogen-bond acceptors (Lipinski definition) is 4. The van der Waals surface area contributed by atoms with Gasteiger partial charge in [-0.25, -0.2) is 4.79 Å². The molecule has 0 bridgehead atoms. The quantitative estimate of drug-likeness (QED) is 0.665. The number of halogens is 1. The average Bonchev–Trinajstić information content (AvgIpc) is 2.68. The van der Waals surface area contributed by atoms with Crippen LogP contribution in [-0.2, 0) is 15.9 Å². The molecule has 0 radical (unpaired) electrons. The first-order chi connectivity index (χ1) is 14.1. The molecule has 2 saturated heterocycles. The van der Waals surface area contributed by atoms with Gasteiger partial charge in [0.15, 0.2) is 0 Å². The number of carbonyl (C=O) groups excluding carboxylic acids is 1. The topological polar surface area (TPSA) is 42.0 Å². The Labute approximate surface area is 186 Å². The molecular formula is C24H37ClN2O3. The fraction of sp³-hybridized carbons (Fsp3) is 0.708. The van der Waals surface area contributed by atoms with Crippen LogP contribution in [-0.4, -0.2) is 65.9 Å². The van der Waals surface area contributed by atoms with Gasteiger partial charge in [0, 0.05) is 36.7 Å². The van der Waals surface area contributed by atoms with Gasteiger partial charge < -0.3 is 14.4 Å². The van der Waals surface area contributed by atoms with Gasteiger partial charge in [0.05, 0.1) is 12.7 Å². The van der Waals surface area contributed by atoms with Crippen LogP contribution in [0.3, 0.4) is 0 Å². The van der Waals surface area contributed by atoms with E-state index >= 15 is 0 Å². The summed E-state index contributed by atoms with van der Waals surface area (Å²) in [7, 11) is 0. The van der Waals surface area contributed by atoms with Crippen molar-refractivity contribution < 1.29 is 14.3 Å². The Morgan fingerprint density at radius 3 is 2.40 bits per heavy atom. The number of nitrogens with zero attached hydrogens (tertiary/aromatic N) is 2. The van der Waals surface area contributed by atoms with Gasteiger partial charge in [0.2, 0.25) is 0 Å². The van der Waals surface area contributed by atoms with Crippen LogP contribution in [0.5, 0.6) is 0 Å². The Bertz CT molecular complexity index is 693. The number of amides is 1. The first-order valence-corrected chi connectivity index (χ1v) is 11.6. The number of rotatable bonds is 4. The predicted molar refractivity (Wildman–Crippen MR) is 121 cm³/mol. The summed E-state index contributed by atoms with van der Waals surface area (Å²) < 4.78 is 11.8. The molecule has 2 aliphatic rings. The van der Waals surface area contributed by atoms with Gasteiger partial charge >= 0.3 is 6.09 Å². The predicted octanol–water partition coefficient (Wildman–Crippen LogP) is 5.01. The lowest BCUT2D eigenvalue weighted by atomic mass is 9.94. The van der Waals surface area contributed by atoms with Crippen LogP contribution in [0.1, 0.15) is 53.0 Å². The highest BCUT2D eigenvalue weighted by molar-refractivity contribution is 6.30. The van der Waals surface area contributed by atoms with Crippen LogP contribution in [0.4, 0.5) is 4.79 Å². The number of piperidine rings is 1. The van der Waals surface area contributed by atoms with Crippen LogP contribution in [0.15, 0.2) is 24.3 Å². The molecule has 0 aliphatic carbocycles. The normalized spacial score (nSPS) is 24.3. The molecule has 0 saturated carbocycles. The van der Waals surface area contributed by atoms with Crippen molar-refractivity contribution >= 4 is 17.7 Å². The first kappa shape index (κ1) is 23.4. The molecule has 1 amide bonds. The van der Waals surface area contributed by atoms with E-state index in [4.69, 9.17) is 21.1 Å². The zero-order valence-electron chi connectivity index (χ0n) is 19.1. The van der Waals surface area contributed by atoms with E-state index in [2.05, 4.69) is 30.9 Å². The number of likely N-dealkylation sites (tertiary alicyclic amines) is 1. The highest BCUT2D eigenvalue weighted by Crippen LogP contribution is 2.28. The van der Waals surface area contributed by atoms with E-state index in [1.807, 2.05) is 37.8 Å². The minimum Gasteiger partial charge on any atom is -0.444 e. The van der Waals surface area contributed by atoms with E-state index in [0.29, 0.717) is 18.0 Å². The van der Waals surface area contributed by atoms with E-state index in [0.717, 1.165) is 50.5 Å². The summed E-state index contributed by atoms with van der Waals surface area (Å²) in [4.78, 5) is 16.9. The number of carbonyl (C=O) groups is 1. The summed E-state index contributed by atoms with van der Waals surface area (Å²) >= 11 is 6.06. The van der Waals surface area contributed by atoms with E-state index < -0.39 is 5.60 Å². The monoisotopic (exact) mass is 436 g/mol.